The summed E-state index contributed by atoms with van der Waals surface area (Å²) in [7, 11) is -3.69. The molecule has 0 aromatic heterocycles. The van der Waals surface area contributed by atoms with Crippen LogP contribution in [0.25, 0.3) is 11.1 Å². The smallest absolute Gasteiger partial charge is 0.263 e. The molecule has 7 heteroatoms. The first kappa shape index (κ1) is 31.5. The Kier molecular flexibility index (Phi) is 9.56. The van der Waals surface area contributed by atoms with Gasteiger partial charge in [0.25, 0.3) is 5.91 Å². The summed E-state index contributed by atoms with van der Waals surface area (Å²) >= 11 is 0. The summed E-state index contributed by atoms with van der Waals surface area (Å²) in [5, 5.41) is 2.96. The van der Waals surface area contributed by atoms with Crippen molar-refractivity contribution in [1.82, 2.24) is 9.62 Å². The number of hydrogen-bond donors (Lipinski definition) is 1. The van der Waals surface area contributed by atoms with Gasteiger partial charge in [0, 0.05) is 19.6 Å². The zero-order valence-corrected chi connectivity index (χ0v) is 26.8. The summed E-state index contributed by atoms with van der Waals surface area (Å²) in [6.07, 6.45) is 1.64. The Balaban J connectivity index is 1.27. The van der Waals surface area contributed by atoms with Gasteiger partial charge in [-0.1, -0.05) is 92.7 Å². The molecule has 4 aromatic rings. The predicted molar refractivity (Wildman–Crippen MR) is 176 cm³/mol. The Morgan fingerprint density at radius 1 is 0.909 bits per heavy atom. The third-order valence-electron chi connectivity index (χ3n) is 8.31. The van der Waals surface area contributed by atoms with Crippen LogP contribution in [0.4, 0.5) is 0 Å². The van der Waals surface area contributed by atoms with Gasteiger partial charge < -0.3 is 10.1 Å². The lowest BCUT2D eigenvalue weighted by Gasteiger charge is -2.32. The van der Waals surface area contributed by atoms with E-state index in [9.17, 15) is 13.2 Å². The van der Waals surface area contributed by atoms with Gasteiger partial charge in [0.1, 0.15) is 5.75 Å². The van der Waals surface area contributed by atoms with Crippen molar-refractivity contribution in [2.24, 2.45) is 0 Å². The van der Waals surface area contributed by atoms with E-state index in [1.165, 1.54) is 5.56 Å². The fourth-order valence-corrected chi connectivity index (χ4v) is 7.21. The molecular formula is C37H42N2O4S. The fourth-order valence-electron chi connectivity index (χ4n) is 5.64. The van der Waals surface area contributed by atoms with Gasteiger partial charge in [-0.2, -0.15) is 4.31 Å². The number of sulfonamides is 1. The highest BCUT2D eigenvalue weighted by atomic mass is 32.2. The highest BCUT2D eigenvalue weighted by Gasteiger charge is 2.33. The Morgan fingerprint density at radius 2 is 1.64 bits per heavy atom. The van der Waals surface area contributed by atoms with Crippen molar-refractivity contribution in [3.63, 3.8) is 0 Å². The zero-order chi connectivity index (χ0) is 31.3. The average molecular weight is 611 g/mol. The number of piperidine rings is 1. The number of nitrogens with one attached hydrogen (secondary N) is 1. The molecule has 4 aromatic carbocycles. The average Bonchev–Trinajstić information content (AvgIpc) is 3.04. The van der Waals surface area contributed by atoms with Crippen LogP contribution in [0.3, 0.4) is 0 Å². The molecule has 5 rings (SSSR count). The number of nitrogens with zero attached hydrogens (tertiary/aromatic N) is 1. The lowest BCUT2D eigenvalue weighted by atomic mass is 9.91. The number of amides is 1. The molecular weight excluding hydrogens is 568 g/mol. The molecule has 44 heavy (non-hydrogen) atoms. The van der Waals surface area contributed by atoms with Gasteiger partial charge in [-0.3, -0.25) is 4.79 Å². The number of carbonyl (C=O) groups is 1. The molecule has 0 radical (unpaired) electrons. The minimum Gasteiger partial charge on any atom is -0.478 e. The maximum atomic E-state index is 13.8. The van der Waals surface area contributed by atoms with Crippen molar-refractivity contribution in [2.45, 2.75) is 69.4 Å². The second-order valence-corrected chi connectivity index (χ2v) is 14.3. The molecule has 1 aliphatic heterocycles. The Labute approximate surface area is 262 Å². The quantitative estimate of drug-likeness (QED) is 0.202. The van der Waals surface area contributed by atoms with Gasteiger partial charge in [-0.05, 0) is 90.6 Å². The Bertz CT molecular complexity index is 1680. The van der Waals surface area contributed by atoms with Crippen LogP contribution in [-0.4, -0.2) is 37.3 Å². The molecule has 0 aliphatic carbocycles. The molecule has 1 aliphatic rings. The molecule has 0 spiro atoms. The third-order valence-corrected chi connectivity index (χ3v) is 10.2. The number of benzene rings is 4. The minimum atomic E-state index is -3.69. The summed E-state index contributed by atoms with van der Waals surface area (Å²) in [6, 6.07) is 33.0. The van der Waals surface area contributed by atoms with Crippen molar-refractivity contribution >= 4 is 15.9 Å². The van der Waals surface area contributed by atoms with E-state index in [4.69, 9.17) is 4.74 Å². The molecule has 1 heterocycles. The summed E-state index contributed by atoms with van der Waals surface area (Å²) < 4.78 is 35.5. The molecule has 0 bridgehead atoms. The maximum absolute atomic E-state index is 13.8. The fraction of sp³-hybridized carbons (Fsp3) is 0.324. The van der Waals surface area contributed by atoms with E-state index in [2.05, 4.69) is 43.4 Å². The maximum Gasteiger partial charge on any atom is 0.263 e. The first-order valence-corrected chi connectivity index (χ1v) is 16.8. The topological polar surface area (TPSA) is 75.7 Å². The number of carbonyl (C=O) groups excluding carboxylic acids is 1. The second-order valence-electron chi connectivity index (χ2n) is 12.4. The molecule has 1 unspecified atom stereocenters. The number of hydrogen-bond acceptors (Lipinski definition) is 4. The van der Waals surface area contributed by atoms with Gasteiger partial charge >= 0.3 is 0 Å². The molecule has 1 amide bonds. The van der Waals surface area contributed by atoms with E-state index in [0.717, 1.165) is 35.1 Å². The van der Waals surface area contributed by atoms with Gasteiger partial charge in [-0.15, -0.1) is 0 Å². The van der Waals surface area contributed by atoms with E-state index in [1.807, 2.05) is 66.7 Å². The zero-order valence-electron chi connectivity index (χ0n) is 26.0. The van der Waals surface area contributed by atoms with Crippen LogP contribution in [0, 0.1) is 0 Å². The molecule has 1 N–H and O–H groups in total. The highest BCUT2D eigenvalue weighted by molar-refractivity contribution is 7.89. The summed E-state index contributed by atoms with van der Waals surface area (Å²) in [6.45, 7) is 9.11. The molecule has 1 fully saturated rings. The van der Waals surface area contributed by atoms with E-state index in [-0.39, 0.29) is 11.8 Å². The molecule has 230 valence electrons. The third kappa shape index (κ3) is 7.40. The van der Waals surface area contributed by atoms with E-state index < -0.39 is 15.6 Å². The molecule has 0 saturated carbocycles. The summed E-state index contributed by atoms with van der Waals surface area (Å²) in [5.74, 6) is 0.827. The number of ether oxygens (including phenoxy) is 1. The van der Waals surface area contributed by atoms with E-state index in [1.54, 1.807) is 30.3 Å². The van der Waals surface area contributed by atoms with Crippen molar-refractivity contribution in [1.29, 1.82) is 0 Å². The van der Waals surface area contributed by atoms with Crippen LogP contribution in [0.1, 0.15) is 69.1 Å². The van der Waals surface area contributed by atoms with E-state index in [0.29, 0.717) is 36.2 Å². The van der Waals surface area contributed by atoms with Gasteiger partial charge in [0.2, 0.25) is 10.0 Å². The molecule has 1 atom stereocenters. The molecule has 1 saturated heterocycles. The minimum absolute atomic E-state index is 0.0175. The first-order chi connectivity index (χ1) is 21.0. The molecule has 6 nitrogen and oxygen atoms in total. The van der Waals surface area contributed by atoms with Crippen LogP contribution >= 0.6 is 0 Å². The van der Waals surface area contributed by atoms with Crippen molar-refractivity contribution in [2.75, 3.05) is 13.1 Å². The van der Waals surface area contributed by atoms with E-state index >= 15 is 0 Å². The normalized spacial score (nSPS) is 16.1. The van der Waals surface area contributed by atoms with Gasteiger partial charge in [-0.25, -0.2) is 8.42 Å². The number of rotatable bonds is 10. The predicted octanol–water partition coefficient (Wildman–Crippen LogP) is 7.52. The first-order valence-electron chi connectivity index (χ1n) is 15.3. The van der Waals surface area contributed by atoms with Crippen LogP contribution < -0.4 is 10.1 Å². The van der Waals surface area contributed by atoms with Crippen LogP contribution in [-0.2, 0) is 21.4 Å². The van der Waals surface area contributed by atoms with Crippen molar-refractivity contribution < 1.29 is 17.9 Å². The Morgan fingerprint density at radius 3 is 2.36 bits per heavy atom. The van der Waals surface area contributed by atoms with Crippen LogP contribution in [0.5, 0.6) is 5.75 Å². The van der Waals surface area contributed by atoms with Crippen molar-refractivity contribution in [3.8, 4) is 16.9 Å². The lowest BCUT2D eigenvalue weighted by molar-refractivity contribution is -0.134. The highest BCUT2D eigenvalue weighted by Crippen LogP contribution is 2.33. The largest absolute Gasteiger partial charge is 0.478 e. The summed E-state index contributed by atoms with van der Waals surface area (Å²) in [4.78, 5) is 13.3. The van der Waals surface area contributed by atoms with Crippen molar-refractivity contribution in [3.05, 3.63) is 120 Å². The Hall–Kier alpha value is -3.94. The van der Waals surface area contributed by atoms with Crippen LogP contribution in [0.15, 0.2) is 108 Å². The van der Waals surface area contributed by atoms with Crippen LogP contribution in [0.2, 0.25) is 0 Å². The monoisotopic (exact) mass is 610 g/mol. The summed E-state index contributed by atoms with van der Waals surface area (Å²) in [5.41, 5.74) is 4.06. The SMILES string of the molecule is CC(C)c1ccc(-c2cccc(S(=O)(=O)N3CCCC(c4cccc(OC(C)(C)C(=O)NCc5ccccc5)c4)C3)c2)cc1. The van der Waals surface area contributed by atoms with Gasteiger partial charge in [0.15, 0.2) is 5.60 Å². The second kappa shape index (κ2) is 13.4. The lowest BCUT2D eigenvalue weighted by Crippen LogP contribution is -2.46. The standard InChI is InChI=1S/C37H42N2O4S/c1-27(2)29-18-20-30(21-19-29)32-14-9-17-35(24-32)44(41,42)39-22-10-15-33(26-39)31-13-8-16-34(23-31)43-37(3,4)36(40)38-25-28-11-6-5-7-12-28/h5-9,11-14,16-21,23-24,27,33H,10,15,22,25-26H2,1-4H3,(H,38,40). The van der Waals surface area contributed by atoms with Gasteiger partial charge in [0.05, 0.1) is 4.90 Å².